The first-order chi connectivity index (χ1) is 10.2. The van der Waals surface area contributed by atoms with Crippen molar-refractivity contribution in [2.75, 3.05) is 25.9 Å². The molecular formula is C16H23N3O3. The van der Waals surface area contributed by atoms with E-state index >= 15 is 0 Å². The van der Waals surface area contributed by atoms with E-state index in [1.54, 1.807) is 44.9 Å². The summed E-state index contributed by atoms with van der Waals surface area (Å²) in [6, 6.07) is 7.10. The number of piperazine rings is 1. The molecule has 0 aromatic heterocycles. The molecule has 2 amide bonds. The van der Waals surface area contributed by atoms with E-state index in [1.807, 2.05) is 12.1 Å². The average Bonchev–Trinajstić information content (AvgIpc) is 2.40. The SMILES string of the molecule is CN1CC(c2ccc(N)cc2)N(C(=O)OC(C)(C)C)CC1=O. The number of carbonyl (C=O) groups excluding carboxylic acids is 2. The van der Waals surface area contributed by atoms with E-state index in [2.05, 4.69) is 0 Å². The van der Waals surface area contributed by atoms with Crippen LogP contribution in [0.1, 0.15) is 32.4 Å². The number of nitrogen functional groups attached to an aromatic ring is 1. The van der Waals surface area contributed by atoms with Crippen molar-refractivity contribution >= 4 is 17.7 Å². The number of likely N-dealkylation sites (N-methyl/N-ethyl adjacent to an activating group) is 1. The van der Waals surface area contributed by atoms with Crippen LogP contribution in [0.25, 0.3) is 0 Å². The highest BCUT2D eigenvalue weighted by molar-refractivity contribution is 5.84. The normalized spacial score (nSPS) is 19.3. The van der Waals surface area contributed by atoms with E-state index in [9.17, 15) is 9.59 Å². The van der Waals surface area contributed by atoms with Crippen LogP contribution < -0.4 is 5.73 Å². The van der Waals surface area contributed by atoms with Gasteiger partial charge >= 0.3 is 6.09 Å². The van der Waals surface area contributed by atoms with Crippen molar-refractivity contribution in [1.82, 2.24) is 9.80 Å². The van der Waals surface area contributed by atoms with Crippen LogP contribution in [0.5, 0.6) is 0 Å². The minimum absolute atomic E-state index is 0.0143. The summed E-state index contributed by atoms with van der Waals surface area (Å²) < 4.78 is 5.43. The topological polar surface area (TPSA) is 75.9 Å². The van der Waals surface area contributed by atoms with Crippen molar-refractivity contribution in [1.29, 1.82) is 0 Å². The monoisotopic (exact) mass is 305 g/mol. The largest absolute Gasteiger partial charge is 0.444 e. The van der Waals surface area contributed by atoms with Crippen molar-refractivity contribution in [2.45, 2.75) is 32.4 Å². The molecule has 1 heterocycles. The number of hydrogen-bond acceptors (Lipinski definition) is 4. The number of nitrogens with zero attached hydrogens (tertiary/aromatic N) is 2. The van der Waals surface area contributed by atoms with Gasteiger partial charge < -0.3 is 15.4 Å². The molecule has 6 heteroatoms. The van der Waals surface area contributed by atoms with Crippen molar-refractivity contribution in [3.63, 3.8) is 0 Å². The lowest BCUT2D eigenvalue weighted by Crippen LogP contribution is -2.53. The van der Waals surface area contributed by atoms with E-state index in [-0.39, 0.29) is 18.5 Å². The summed E-state index contributed by atoms with van der Waals surface area (Å²) in [5.74, 6) is -0.0995. The van der Waals surface area contributed by atoms with E-state index in [4.69, 9.17) is 10.5 Å². The maximum Gasteiger partial charge on any atom is 0.411 e. The zero-order valence-electron chi connectivity index (χ0n) is 13.5. The summed E-state index contributed by atoms with van der Waals surface area (Å²) in [7, 11) is 1.74. The molecule has 1 aliphatic rings. The number of rotatable bonds is 1. The lowest BCUT2D eigenvalue weighted by Gasteiger charge is -2.40. The van der Waals surface area contributed by atoms with Crippen molar-refractivity contribution in [3.05, 3.63) is 29.8 Å². The number of amides is 2. The van der Waals surface area contributed by atoms with Gasteiger partial charge in [-0.1, -0.05) is 12.1 Å². The summed E-state index contributed by atoms with van der Waals surface area (Å²) >= 11 is 0. The highest BCUT2D eigenvalue weighted by Crippen LogP contribution is 2.27. The molecule has 0 bridgehead atoms. The van der Waals surface area contributed by atoms with Gasteiger partial charge in [-0.15, -0.1) is 0 Å². The Labute approximate surface area is 130 Å². The van der Waals surface area contributed by atoms with Crippen LogP contribution in [0, 0.1) is 0 Å². The second kappa shape index (κ2) is 5.87. The first kappa shape index (κ1) is 16.1. The van der Waals surface area contributed by atoms with Crippen LogP contribution in [0.3, 0.4) is 0 Å². The van der Waals surface area contributed by atoms with Crippen molar-refractivity contribution < 1.29 is 14.3 Å². The van der Waals surface area contributed by atoms with E-state index in [0.29, 0.717) is 12.2 Å². The van der Waals surface area contributed by atoms with E-state index in [1.165, 1.54) is 4.90 Å². The van der Waals surface area contributed by atoms with Gasteiger partial charge in [0.2, 0.25) is 5.91 Å². The number of nitrogens with two attached hydrogens (primary N) is 1. The average molecular weight is 305 g/mol. The summed E-state index contributed by atoms with van der Waals surface area (Å²) in [4.78, 5) is 27.5. The predicted octanol–water partition coefficient (Wildman–Crippen LogP) is 2.02. The number of carbonyl (C=O) groups is 2. The number of anilines is 1. The highest BCUT2D eigenvalue weighted by atomic mass is 16.6. The molecule has 1 aromatic carbocycles. The Morgan fingerprint density at radius 3 is 2.41 bits per heavy atom. The minimum atomic E-state index is -0.602. The third-order valence-corrected chi connectivity index (χ3v) is 3.50. The second-order valence-corrected chi connectivity index (χ2v) is 6.56. The highest BCUT2D eigenvalue weighted by Gasteiger charge is 2.36. The summed E-state index contributed by atoms with van der Waals surface area (Å²) in [6.45, 7) is 5.87. The fourth-order valence-electron chi connectivity index (χ4n) is 2.35. The molecule has 6 nitrogen and oxygen atoms in total. The lowest BCUT2D eigenvalue weighted by molar-refractivity contribution is -0.136. The Morgan fingerprint density at radius 1 is 1.27 bits per heavy atom. The molecule has 1 unspecified atom stereocenters. The van der Waals surface area contributed by atoms with Gasteiger partial charge in [0, 0.05) is 19.3 Å². The molecule has 1 saturated heterocycles. The van der Waals surface area contributed by atoms with Gasteiger partial charge in [-0.25, -0.2) is 4.79 Å². The Balaban J connectivity index is 2.28. The number of hydrogen-bond donors (Lipinski definition) is 1. The molecule has 1 atom stereocenters. The molecule has 0 spiro atoms. The first-order valence-electron chi connectivity index (χ1n) is 7.26. The van der Waals surface area contributed by atoms with E-state index in [0.717, 1.165) is 5.56 Å². The Hall–Kier alpha value is -2.24. The predicted molar refractivity (Wildman–Crippen MR) is 84.2 cm³/mol. The van der Waals surface area contributed by atoms with Crippen LogP contribution in [0.4, 0.5) is 10.5 Å². The van der Waals surface area contributed by atoms with Crippen molar-refractivity contribution in [2.24, 2.45) is 0 Å². The van der Waals surface area contributed by atoms with Crippen molar-refractivity contribution in [3.8, 4) is 0 Å². The van der Waals surface area contributed by atoms with Crippen LogP contribution >= 0.6 is 0 Å². The Bertz CT molecular complexity index is 563. The minimum Gasteiger partial charge on any atom is -0.444 e. The molecule has 0 saturated carbocycles. The summed E-state index contributed by atoms with van der Waals surface area (Å²) in [5.41, 5.74) is 6.70. The van der Waals surface area contributed by atoms with E-state index < -0.39 is 11.7 Å². The maximum atomic E-state index is 12.4. The lowest BCUT2D eigenvalue weighted by atomic mass is 10.0. The fraction of sp³-hybridized carbons (Fsp3) is 0.500. The molecule has 1 aliphatic heterocycles. The van der Waals surface area contributed by atoms with Gasteiger partial charge in [0.1, 0.15) is 12.1 Å². The third-order valence-electron chi connectivity index (χ3n) is 3.50. The molecule has 22 heavy (non-hydrogen) atoms. The molecule has 2 N–H and O–H groups in total. The van der Waals surface area contributed by atoms with Crippen LogP contribution in [-0.4, -0.2) is 47.5 Å². The third kappa shape index (κ3) is 3.69. The summed E-state index contributed by atoms with van der Waals surface area (Å²) in [6.07, 6.45) is -0.476. The standard InChI is InChI=1S/C16H23N3O3/c1-16(2,3)22-15(21)19-10-14(20)18(4)9-13(19)11-5-7-12(17)8-6-11/h5-8,13H,9-10,17H2,1-4H3. The quantitative estimate of drug-likeness (QED) is 0.805. The zero-order valence-corrected chi connectivity index (χ0v) is 13.5. The molecule has 1 fully saturated rings. The number of benzene rings is 1. The van der Waals surface area contributed by atoms with Crippen LogP contribution in [-0.2, 0) is 9.53 Å². The van der Waals surface area contributed by atoms with Gasteiger partial charge in [-0.2, -0.15) is 0 Å². The smallest absolute Gasteiger partial charge is 0.411 e. The summed E-state index contributed by atoms with van der Waals surface area (Å²) in [5, 5.41) is 0. The molecule has 0 aliphatic carbocycles. The molecule has 1 aromatic rings. The van der Waals surface area contributed by atoms with Gasteiger partial charge in [0.25, 0.3) is 0 Å². The molecule has 2 rings (SSSR count). The Morgan fingerprint density at radius 2 is 1.86 bits per heavy atom. The maximum absolute atomic E-state index is 12.4. The molecule has 120 valence electrons. The second-order valence-electron chi connectivity index (χ2n) is 6.56. The molecule has 0 radical (unpaired) electrons. The van der Waals surface area contributed by atoms with Gasteiger partial charge in [-0.05, 0) is 38.5 Å². The van der Waals surface area contributed by atoms with Gasteiger partial charge in [0.15, 0.2) is 0 Å². The van der Waals surface area contributed by atoms with Crippen LogP contribution in [0.15, 0.2) is 24.3 Å². The fourth-order valence-corrected chi connectivity index (χ4v) is 2.35. The number of ether oxygens (including phenoxy) is 1. The zero-order chi connectivity index (χ0) is 16.5. The van der Waals surface area contributed by atoms with Gasteiger partial charge in [0.05, 0.1) is 6.04 Å². The van der Waals surface area contributed by atoms with Crippen LogP contribution in [0.2, 0.25) is 0 Å². The Kier molecular flexibility index (Phi) is 4.30. The van der Waals surface area contributed by atoms with Gasteiger partial charge in [-0.3, -0.25) is 9.69 Å². The molecular weight excluding hydrogens is 282 g/mol. The first-order valence-corrected chi connectivity index (χ1v) is 7.26.